The Balaban J connectivity index is 2.55. The lowest BCUT2D eigenvalue weighted by Crippen LogP contribution is -2.28. The van der Waals surface area contributed by atoms with Crippen molar-refractivity contribution in [1.82, 2.24) is 4.90 Å². The molecule has 13 heavy (non-hydrogen) atoms. The van der Waals surface area contributed by atoms with E-state index < -0.39 is 6.61 Å². The van der Waals surface area contributed by atoms with Crippen molar-refractivity contribution in [2.24, 2.45) is 0 Å². The quantitative estimate of drug-likeness (QED) is 0.682. The van der Waals surface area contributed by atoms with Crippen LogP contribution in [0, 0.1) is 0 Å². The van der Waals surface area contributed by atoms with Crippen molar-refractivity contribution in [3.8, 4) is 0 Å². The Labute approximate surface area is 77.6 Å². The first kappa shape index (κ1) is 9.74. The Hall–Kier alpha value is -1.35. The average Bonchev–Trinajstić information content (AvgIpc) is 2.18. The van der Waals surface area contributed by atoms with Crippen LogP contribution in [0.5, 0.6) is 0 Å². The Kier molecular flexibility index (Phi) is 3.46. The molecule has 1 rings (SSSR count). The zero-order valence-corrected chi connectivity index (χ0v) is 7.56. The molecule has 1 radical (unpaired) electrons. The number of carbonyl (C=O) groups is 1. The van der Waals surface area contributed by atoms with Gasteiger partial charge in [0, 0.05) is 13.6 Å². The predicted molar refractivity (Wildman–Crippen MR) is 48.5 cm³/mol. The minimum Gasteiger partial charge on any atom is -0.339 e. The van der Waals surface area contributed by atoms with Gasteiger partial charge in [-0.15, -0.1) is 0 Å². The summed E-state index contributed by atoms with van der Waals surface area (Å²) < 4.78 is 0. The SMILES string of the molecule is CN(Cc1ccccc1)C(=O)C[O]. The highest BCUT2D eigenvalue weighted by Crippen LogP contribution is 2.02. The monoisotopic (exact) mass is 178 g/mol. The number of hydrogen-bond acceptors (Lipinski definition) is 1. The molecule has 3 heteroatoms. The number of rotatable bonds is 3. The summed E-state index contributed by atoms with van der Waals surface area (Å²) in [4.78, 5) is 12.4. The van der Waals surface area contributed by atoms with E-state index in [1.807, 2.05) is 30.3 Å². The van der Waals surface area contributed by atoms with Gasteiger partial charge in [-0.3, -0.25) is 4.79 Å². The first-order chi connectivity index (χ1) is 6.24. The van der Waals surface area contributed by atoms with Gasteiger partial charge < -0.3 is 4.90 Å². The third kappa shape index (κ3) is 2.87. The van der Waals surface area contributed by atoms with Crippen LogP contribution in [0.1, 0.15) is 5.56 Å². The number of amides is 1. The molecule has 0 aliphatic carbocycles. The molecule has 0 atom stereocenters. The van der Waals surface area contributed by atoms with E-state index in [9.17, 15) is 9.90 Å². The van der Waals surface area contributed by atoms with E-state index in [1.54, 1.807) is 7.05 Å². The molecule has 0 saturated heterocycles. The van der Waals surface area contributed by atoms with Crippen molar-refractivity contribution in [1.29, 1.82) is 0 Å². The summed E-state index contributed by atoms with van der Waals surface area (Å²) >= 11 is 0. The lowest BCUT2D eigenvalue weighted by atomic mass is 10.2. The fourth-order valence-electron chi connectivity index (χ4n) is 1.06. The highest BCUT2D eigenvalue weighted by atomic mass is 16.3. The van der Waals surface area contributed by atoms with Gasteiger partial charge in [0.25, 0.3) is 5.91 Å². The van der Waals surface area contributed by atoms with Crippen molar-refractivity contribution < 1.29 is 9.90 Å². The van der Waals surface area contributed by atoms with Crippen LogP contribution in [0.15, 0.2) is 30.3 Å². The van der Waals surface area contributed by atoms with Gasteiger partial charge in [-0.05, 0) is 5.56 Å². The lowest BCUT2D eigenvalue weighted by molar-refractivity contribution is -0.135. The molecule has 0 fully saturated rings. The Bertz CT molecular complexity index is 272. The van der Waals surface area contributed by atoms with Gasteiger partial charge in [0.15, 0.2) is 6.61 Å². The third-order valence-electron chi connectivity index (χ3n) is 1.81. The minimum absolute atomic E-state index is 0.371. The summed E-state index contributed by atoms with van der Waals surface area (Å²) in [6.07, 6.45) is 0. The van der Waals surface area contributed by atoms with Gasteiger partial charge in [0.1, 0.15) is 0 Å². The molecule has 1 aromatic carbocycles. The lowest BCUT2D eigenvalue weighted by Gasteiger charge is -2.14. The Morgan fingerprint density at radius 3 is 2.46 bits per heavy atom. The van der Waals surface area contributed by atoms with E-state index in [4.69, 9.17) is 0 Å². The molecule has 69 valence electrons. The number of nitrogens with zero attached hydrogens (tertiary/aromatic N) is 1. The summed E-state index contributed by atoms with van der Waals surface area (Å²) in [6.45, 7) is -0.175. The third-order valence-corrected chi connectivity index (χ3v) is 1.81. The largest absolute Gasteiger partial charge is 0.339 e. The fraction of sp³-hybridized carbons (Fsp3) is 0.300. The highest BCUT2D eigenvalue weighted by Gasteiger charge is 2.06. The maximum atomic E-state index is 10.9. The molecule has 1 aromatic rings. The van der Waals surface area contributed by atoms with Crippen LogP contribution in [0.4, 0.5) is 0 Å². The van der Waals surface area contributed by atoms with Crippen molar-refractivity contribution in [3.05, 3.63) is 35.9 Å². The smallest absolute Gasteiger partial charge is 0.251 e. The van der Waals surface area contributed by atoms with Crippen molar-refractivity contribution in [2.75, 3.05) is 13.7 Å². The van der Waals surface area contributed by atoms with E-state index in [0.29, 0.717) is 6.54 Å². The molecular formula is C10H12NO2. The molecule has 0 aliphatic heterocycles. The zero-order chi connectivity index (χ0) is 9.68. The van der Waals surface area contributed by atoms with E-state index in [-0.39, 0.29) is 5.91 Å². The van der Waals surface area contributed by atoms with Crippen LogP contribution in [-0.4, -0.2) is 24.5 Å². The molecule has 3 nitrogen and oxygen atoms in total. The number of likely N-dealkylation sites (N-methyl/N-ethyl adjacent to an activating group) is 1. The summed E-state index contributed by atoms with van der Waals surface area (Å²) in [5.41, 5.74) is 1.03. The number of benzene rings is 1. The zero-order valence-electron chi connectivity index (χ0n) is 7.56. The van der Waals surface area contributed by atoms with Crippen molar-refractivity contribution >= 4 is 5.91 Å². The molecule has 0 aromatic heterocycles. The topological polar surface area (TPSA) is 40.2 Å². The van der Waals surface area contributed by atoms with Crippen LogP contribution < -0.4 is 0 Å². The Morgan fingerprint density at radius 1 is 1.31 bits per heavy atom. The molecule has 0 spiro atoms. The van der Waals surface area contributed by atoms with Gasteiger partial charge in [0.05, 0.1) is 0 Å². The summed E-state index contributed by atoms with van der Waals surface area (Å²) in [7, 11) is 1.63. The molecule has 0 N–H and O–H groups in total. The van der Waals surface area contributed by atoms with Crippen LogP contribution >= 0.6 is 0 Å². The molecule has 0 saturated carbocycles. The number of carbonyl (C=O) groups excluding carboxylic acids is 1. The van der Waals surface area contributed by atoms with Crippen LogP contribution in [0.2, 0.25) is 0 Å². The van der Waals surface area contributed by atoms with Gasteiger partial charge in [0.2, 0.25) is 0 Å². The fourth-order valence-corrected chi connectivity index (χ4v) is 1.06. The van der Waals surface area contributed by atoms with Crippen LogP contribution in [-0.2, 0) is 16.4 Å². The maximum absolute atomic E-state index is 10.9. The van der Waals surface area contributed by atoms with Crippen LogP contribution in [0.25, 0.3) is 0 Å². The summed E-state index contributed by atoms with van der Waals surface area (Å²) in [6, 6.07) is 9.58. The second-order valence-electron chi connectivity index (χ2n) is 2.88. The predicted octanol–water partition coefficient (Wildman–Crippen LogP) is 1.08. The summed E-state index contributed by atoms with van der Waals surface area (Å²) in [5, 5.41) is 10.3. The minimum atomic E-state index is -0.677. The molecule has 0 aliphatic rings. The molecule has 0 bridgehead atoms. The van der Waals surface area contributed by atoms with Gasteiger partial charge >= 0.3 is 0 Å². The van der Waals surface area contributed by atoms with Crippen LogP contribution in [0.3, 0.4) is 0 Å². The van der Waals surface area contributed by atoms with E-state index in [0.717, 1.165) is 5.56 Å². The first-order valence-corrected chi connectivity index (χ1v) is 4.10. The van der Waals surface area contributed by atoms with Gasteiger partial charge in [-0.1, -0.05) is 30.3 Å². The second kappa shape index (κ2) is 4.62. The molecule has 0 heterocycles. The number of hydrogen-bond donors (Lipinski definition) is 0. The summed E-state index contributed by atoms with van der Waals surface area (Å²) in [5.74, 6) is -0.371. The average molecular weight is 178 g/mol. The standard InChI is InChI=1S/C10H12NO2/c1-11(10(13)8-12)7-9-5-3-2-4-6-9/h2-6H,7-8H2,1H3. The molecular weight excluding hydrogens is 166 g/mol. The molecule has 1 amide bonds. The van der Waals surface area contributed by atoms with Crippen molar-refractivity contribution in [3.63, 3.8) is 0 Å². The van der Waals surface area contributed by atoms with E-state index in [1.165, 1.54) is 4.90 Å². The normalized spacial score (nSPS) is 9.69. The maximum Gasteiger partial charge on any atom is 0.251 e. The van der Waals surface area contributed by atoms with Gasteiger partial charge in [-0.2, -0.15) is 0 Å². The second-order valence-corrected chi connectivity index (χ2v) is 2.88. The Morgan fingerprint density at radius 2 is 1.92 bits per heavy atom. The van der Waals surface area contributed by atoms with E-state index in [2.05, 4.69) is 0 Å². The van der Waals surface area contributed by atoms with Crippen molar-refractivity contribution in [2.45, 2.75) is 6.54 Å². The molecule has 0 unspecified atom stereocenters. The van der Waals surface area contributed by atoms with E-state index >= 15 is 0 Å². The first-order valence-electron chi connectivity index (χ1n) is 4.10. The van der Waals surface area contributed by atoms with Gasteiger partial charge in [-0.25, -0.2) is 5.11 Å². The highest BCUT2D eigenvalue weighted by molar-refractivity contribution is 5.76.